The van der Waals surface area contributed by atoms with Crippen molar-refractivity contribution in [2.24, 2.45) is 0 Å². The highest BCUT2D eigenvalue weighted by molar-refractivity contribution is 6.16. The Morgan fingerprint density at radius 3 is 2.33 bits per heavy atom. The zero-order chi connectivity index (χ0) is 12.6. The Bertz CT molecular complexity index is 462. The maximum atomic E-state index is 5.61. The minimum Gasteiger partial charge on any atom is -0.490 e. The van der Waals surface area contributed by atoms with E-state index in [0.717, 1.165) is 11.4 Å². The zero-order valence-corrected chi connectivity index (χ0v) is 10.5. The van der Waals surface area contributed by atoms with Crippen molar-refractivity contribution in [1.29, 1.82) is 0 Å². The van der Waals surface area contributed by atoms with Crippen LogP contribution in [0.15, 0.2) is 42.5 Å². The van der Waals surface area contributed by atoms with Gasteiger partial charge in [-0.1, -0.05) is 18.2 Å². The maximum absolute atomic E-state index is 5.61. The van der Waals surface area contributed by atoms with Crippen LogP contribution in [0.5, 0.6) is 11.6 Å². The molecule has 0 aliphatic heterocycles. The van der Waals surface area contributed by atoms with E-state index in [0.29, 0.717) is 25.0 Å². The van der Waals surface area contributed by atoms with Crippen LogP contribution >= 0.6 is 11.6 Å². The van der Waals surface area contributed by atoms with E-state index in [4.69, 9.17) is 21.1 Å². The molecule has 0 aliphatic carbocycles. The van der Waals surface area contributed by atoms with E-state index >= 15 is 0 Å². The second-order valence-corrected chi connectivity index (χ2v) is 3.77. The quantitative estimate of drug-likeness (QED) is 0.594. The number of halogens is 1. The molecule has 0 saturated heterocycles. The topological polar surface area (TPSA) is 44.2 Å². The van der Waals surface area contributed by atoms with E-state index < -0.39 is 0 Å². The van der Waals surface area contributed by atoms with Crippen molar-refractivity contribution in [3.05, 3.63) is 48.2 Å². The molecule has 1 aromatic carbocycles. The molecule has 18 heavy (non-hydrogen) atoms. The molecule has 2 aromatic rings. The minimum absolute atomic E-state index is 0.352. The Morgan fingerprint density at radius 1 is 0.889 bits per heavy atom. The average molecular weight is 265 g/mol. The summed E-state index contributed by atoms with van der Waals surface area (Å²) in [5.41, 5.74) is 0.726. The summed E-state index contributed by atoms with van der Waals surface area (Å²) in [6.07, 6.45) is 0. The number of hydrogen-bond acceptors (Lipinski definition) is 4. The number of ether oxygens (including phenoxy) is 2. The van der Waals surface area contributed by atoms with Crippen molar-refractivity contribution >= 4 is 11.6 Å². The first kappa shape index (κ1) is 12.6. The van der Waals surface area contributed by atoms with Crippen LogP contribution in [-0.4, -0.2) is 23.4 Å². The fourth-order valence-corrected chi connectivity index (χ4v) is 1.46. The molecule has 0 fully saturated rings. The number of para-hydroxylation sites is 1. The summed E-state index contributed by atoms with van der Waals surface area (Å²) in [6, 6.07) is 13.1. The predicted molar refractivity (Wildman–Crippen MR) is 69.0 cm³/mol. The lowest BCUT2D eigenvalue weighted by molar-refractivity contribution is 0.210. The molecule has 0 N–H and O–H groups in total. The van der Waals surface area contributed by atoms with Crippen molar-refractivity contribution in [2.75, 3.05) is 13.2 Å². The first-order valence-electron chi connectivity index (χ1n) is 5.57. The van der Waals surface area contributed by atoms with Gasteiger partial charge in [-0.2, -0.15) is 5.10 Å². The van der Waals surface area contributed by atoms with Gasteiger partial charge in [-0.15, -0.1) is 16.7 Å². The van der Waals surface area contributed by atoms with Crippen LogP contribution in [0, 0.1) is 0 Å². The van der Waals surface area contributed by atoms with Gasteiger partial charge in [-0.25, -0.2) is 0 Å². The lowest BCUT2D eigenvalue weighted by Crippen LogP contribution is -2.10. The monoisotopic (exact) mass is 264 g/mol. The van der Waals surface area contributed by atoms with Crippen molar-refractivity contribution in [3.8, 4) is 11.6 Å². The fourth-order valence-electron chi connectivity index (χ4n) is 1.32. The van der Waals surface area contributed by atoms with E-state index in [1.165, 1.54) is 0 Å². The molecule has 1 heterocycles. The first-order chi connectivity index (χ1) is 8.88. The summed E-state index contributed by atoms with van der Waals surface area (Å²) < 4.78 is 10.9. The van der Waals surface area contributed by atoms with Crippen LogP contribution in [0.25, 0.3) is 0 Å². The molecule has 0 radical (unpaired) electrons. The Labute approximate surface area is 111 Å². The van der Waals surface area contributed by atoms with Gasteiger partial charge in [0.05, 0.1) is 11.6 Å². The lowest BCUT2D eigenvalue weighted by atomic mass is 10.3. The summed E-state index contributed by atoms with van der Waals surface area (Å²) in [4.78, 5) is 0. The van der Waals surface area contributed by atoms with E-state index in [2.05, 4.69) is 10.2 Å². The SMILES string of the molecule is ClCc1ccc(OCCOc2ccccc2)nn1. The molecular formula is C13H13ClN2O2. The second-order valence-electron chi connectivity index (χ2n) is 3.51. The van der Waals surface area contributed by atoms with Crippen LogP contribution < -0.4 is 9.47 Å². The molecular weight excluding hydrogens is 252 g/mol. The Balaban J connectivity index is 1.72. The highest BCUT2D eigenvalue weighted by atomic mass is 35.5. The van der Waals surface area contributed by atoms with Gasteiger partial charge in [0.25, 0.3) is 0 Å². The molecule has 4 nitrogen and oxygen atoms in total. The largest absolute Gasteiger partial charge is 0.490 e. The van der Waals surface area contributed by atoms with Gasteiger partial charge < -0.3 is 9.47 Å². The molecule has 1 aromatic heterocycles. The van der Waals surface area contributed by atoms with E-state index in [1.54, 1.807) is 12.1 Å². The van der Waals surface area contributed by atoms with Gasteiger partial charge in [0.1, 0.15) is 19.0 Å². The van der Waals surface area contributed by atoms with Crippen LogP contribution in [-0.2, 0) is 5.88 Å². The van der Waals surface area contributed by atoms with Crippen molar-refractivity contribution in [3.63, 3.8) is 0 Å². The van der Waals surface area contributed by atoms with E-state index in [1.807, 2.05) is 30.3 Å². The molecule has 0 spiro atoms. The van der Waals surface area contributed by atoms with Crippen LogP contribution in [0.4, 0.5) is 0 Å². The lowest BCUT2D eigenvalue weighted by Gasteiger charge is -2.07. The molecule has 0 bridgehead atoms. The van der Waals surface area contributed by atoms with Gasteiger partial charge >= 0.3 is 0 Å². The molecule has 2 rings (SSSR count). The minimum atomic E-state index is 0.352. The van der Waals surface area contributed by atoms with Crippen LogP contribution in [0.1, 0.15) is 5.69 Å². The summed E-state index contributed by atoms with van der Waals surface area (Å²) in [7, 11) is 0. The zero-order valence-electron chi connectivity index (χ0n) is 9.75. The third-order valence-corrected chi connectivity index (χ3v) is 2.45. The number of aromatic nitrogens is 2. The third kappa shape index (κ3) is 3.89. The number of hydrogen-bond donors (Lipinski definition) is 0. The second kappa shape index (κ2) is 6.81. The van der Waals surface area contributed by atoms with Gasteiger partial charge in [0, 0.05) is 6.07 Å². The molecule has 0 unspecified atom stereocenters. The van der Waals surface area contributed by atoms with Crippen molar-refractivity contribution in [1.82, 2.24) is 10.2 Å². The fraction of sp³-hybridized carbons (Fsp3) is 0.231. The Morgan fingerprint density at radius 2 is 1.67 bits per heavy atom. The van der Waals surface area contributed by atoms with Crippen molar-refractivity contribution in [2.45, 2.75) is 5.88 Å². The number of benzene rings is 1. The first-order valence-corrected chi connectivity index (χ1v) is 6.11. The van der Waals surface area contributed by atoms with Gasteiger partial charge in [-0.3, -0.25) is 0 Å². The summed E-state index contributed by atoms with van der Waals surface area (Å²) in [5, 5.41) is 7.77. The Hall–Kier alpha value is -1.81. The highest BCUT2D eigenvalue weighted by Gasteiger charge is 1.98. The average Bonchev–Trinajstić information content (AvgIpc) is 2.45. The molecule has 94 valence electrons. The molecule has 0 atom stereocenters. The van der Waals surface area contributed by atoms with Gasteiger partial charge in [-0.05, 0) is 18.2 Å². The van der Waals surface area contributed by atoms with Crippen LogP contribution in [0.3, 0.4) is 0 Å². The molecule has 0 aliphatic rings. The van der Waals surface area contributed by atoms with E-state index in [9.17, 15) is 0 Å². The normalized spacial score (nSPS) is 10.1. The summed E-state index contributed by atoms with van der Waals surface area (Å²) in [5.74, 6) is 1.65. The molecule has 5 heteroatoms. The predicted octanol–water partition coefficient (Wildman–Crippen LogP) is 2.67. The summed E-state index contributed by atoms with van der Waals surface area (Å²) in [6.45, 7) is 0.882. The smallest absolute Gasteiger partial charge is 0.233 e. The number of nitrogens with zero attached hydrogens (tertiary/aromatic N) is 2. The highest BCUT2D eigenvalue weighted by Crippen LogP contribution is 2.09. The maximum Gasteiger partial charge on any atom is 0.233 e. The number of alkyl halides is 1. The van der Waals surface area contributed by atoms with E-state index in [-0.39, 0.29) is 0 Å². The standard InChI is InChI=1S/C13H13ClN2O2/c14-10-11-6-7-13(16-15-11)18-9-8-17-12-4-2-1-3-5-12/h1-7H,8-10H2. The molecule has 0 amide bonds. The number of rotatable bonds is 6. The van der Waals surface area contributed by atoms with Gasteiger partial charge in [0.2, 0.25) is 5.88 Å². The van der Waals surface area contributed by atoms with Crippen molar-refractivity contribution < 1.29 is 9.47 Å². The Kier molecular flexibility index (Phi) is 4.78. The van der Waals surface area contributed by atoms with Gasteiger partial charge in [0.15, 0.2) is 0 Å². The molecule has 0 saturated carbocycles. The van der Waals surface area contributed by atoms with Crippen LogP contribution in [0.2, 0.25) is 0 Å². The summed E-state index contributed by atoms with van der Waals surface area (Å²) >= 11 is 5.61. The third-order valence-electron chi connectivity index (χ3n) is 2.18.